The summed E-state index contributed by atoms with van der Waals surface area (Å²) in [6.07, 6.45) is 7.89. The van der Waals surface area contributed by atoms with Gasteiger partial charge in [-0.15, -0.1) is 0 Å². The molecule has 1 N–H and O–H groups in total. The number of anilines is 4. The molecule has 3 aromatic rings. The van der Waals surface area contributed by atoms with Crippen LogP contribution in [0.5, 0.6) is 0 Å². The van der Waals surface area contributed by atoms with Crippen LogP contribution in [-0.4, -0.2) is 72.6 Å². The summed E-state index contributed by atoms with van der Waals surface area (Å²) < 4.78 is 5.39. The van der Waals surface area contributed by atoms with Gasteiger partial charge in [0.2, 0.25) is 11.8 Å². The van der Waals surface area contributed by atoms with Gasteiger partial charge in [0.1, 0.15) is 5.82 Å². The number of hydrogen-bond acceptors (Lipinski definition) is 7. The fourth-order valence-electron chi connectivity index (χ4n) is 5.38. The molecular weight excluding hydrogens is 480 g/mol. The monoisotopic (exact) mass is 512 g/mol. The third kappa shape index (κ3) is 5.19. The number of nitrogens with one attached hydrogen (secondary N) is 1. The number of hydrogen-bond donors (Lipinski definition) is 1. The summed E-state index contributed by atoms with van der Waals surface area (Å²) in [5, 5.41) is 3.35. The van der Waals surface area contributed by atoms with Crippen molar-refractivity contribution in [1.82, 2.24) is 14.9 Å². The summed E-state index contributed by atoms with van der Waals surface area (Å²) in [7, 11) is 0. The number of carbonyl (C=O) groups is 2. The maximum absolute atomic E-state index is 12.7. The van der Waals surface area contributed by atoms with Crippen LogP contribution in [0.4, 0.5) is 22.9 Å². The van der Waals surface area contributed by atoms with Gasteiger partial charge in [-0.2, -0.15) is 0 Å². The lowest BCUT2D eigenvalue weighted by atomic mass is 10.1. The minimum Gasteiger partial charge on any atom is -0.381 e. The molecule has 0 radical (unpaired) electrons. The molecule has 9 nitrogen and oxygen atoms in total. The van der Waals surface area contributed by atoms with Gasteiger partial charge in [0.05, 0.1) is 36.3 Å². The van der Waals surface area contributed by atoms with Gasteiger partial charge in [0.25, 0.3) is 0 Å². The van der Waals surface area contributed by atoms with Crippen molar-refractivity contribution < 1.29 is 14.3 Å². The second kappa shape index (κ2) is 10.8. The first-order valence-corrected chi connectivity index (χ1v) is 13.3. The van der Waals surface area contributed by atoms with Gasteiger partial charge in [0, 0.05) is 63.2 Å². The third-order valence-electron chi connectivity index (χ3n) is 7.58. The zero-order valence-electron chi connectivity index (χ0n) is 21.4. The predicted octanol–water partition coefficient (Wildman–Crippen LogP) is 3.70. The molecule has 3 fully saturated rings. The van der Waals surface area contributed by atoms with E-state index in [1.54, 1.807) is 6.20 Å². The van der Waals surface area contributed by atoms with Gasteiger partial charge in [-0.25, -0.2) is 4.98 Å². The van der Waals surface area contributed by atoms with E-state index in [-0.39, 0.29) is 17.7 Å². The molecular formula is C29H32N6O3. The minimum atomic E-state index is 0.0228. The van der Waals surface area contributed by atoms with E-state index < -0.39 is 0 Å². The fourth-order valence-corrected chi connectivity index (χ4v) is 5.38. The Morgan fingerprint density at radius 3 is 2.42 bits per heavy atom. The van der Waals surface area contributed by atoms with Crippen molar-refractivity contribution in [1.29, 1.82) is 0 Å². The Hall–Kier alpha value is -3.98. The van der Waals surface area contributed by atoms with Crippen LogP contribution in [0.3, 0.4) is 0 Å². The molecule has 38 heavy (non-hydrogen) atoms. The second-order valence-electron chi connectivity index (χ2n) is 10.1. The normalized spacial score (nSPS) is 19.7. The Morgan fingerprint density at radius 2 is 1.74 bits per heavy atom. The summed E-state index contributed by atoms with van der Waals surface area (Å²) >= 11 is 0. The Bertz CT molecular complexity index is 1280. The van der Waals surface area contributed by atoms with Crippen LogP contribution in [0.25, 0.3) is 11.1 Å². The summed E-state index contributed by atoms with van der Waals surface area (Å²) in [6, 6.07) is 14.1. The van der Waals surface area contributed by atoms with E-state index in [4.69, 9.17) is 4.74 Å². The number of aromatic nitrogens is 2. The number of nitrogens with zero attached hydrogens (tertiary/aromatic N) is 5. The molecule has 0 bridgehead atoms. The number of amides is 2. The van der Waals surface area contributed by atoms with E-state index in [1.165, 1.54) is 0 Å². The highest BCUT2D eigenvalue weighted by Gasteiger charge is 2.30. The first kappa shape index (κ1) is 24.4. The van der Waals surface area contributed by atoms with Gasteiger partial charge < -0.3 is 24.8 Å². The molecule has 1 aromatic carbocycles. The largest absolute Gasteiger partial charge is 0.381 e. The van der Waals surface area contributed by atoms with Crippen LogP contribution in [0.2, 0.25) is 0 Å². The van der Waals surface area contributed by atoms with E-state index in [0.29, 0.717) is 32.7 Å². The molecule has 5 heterocycles. The highest BCUT2D eigenvalue weighted by molar-refractivity contribution is 5.95. The smallest absolute Gasteiger partial charge is 0.228 e. The molecule has 0 aliphatic carbocycles. The molecule has 1 atom stereocenters. The Morgan fingerprint density at radius 1 is 0.921 bits per heavy atom. The van der Waals surface area contributed by atoms with Gasteiger partial charge in [0.15, 0.2) is 0 Å². The second-order valence-corrected chi connectivity index (χ2v) is 10.1. The van der Waals surface area contributed by atoms with Crippen molar-refractivity contribution in [2.45, 2.75) is 19.3 Å². The van der Waals surface area contributed by atoms with Gasteiger partial charge in [-0.05, 0) is 48.7 Å². The molecule has 9 heteroatoms. The standard InChI is InChI=1S/C29H32N6O3/c36-28-2-1-10-35(28)25-6-3-21(4-7-25)22-5-8-27(31-17-22)32-24-16-26(19-30-18-24)33-11-13-34(14-12-33)29(37)23-9-15-38-20-23/h3-8,16-19,23H,1-2,9-15,20H2,(H,31,32)/t23-/m1/s1. The number of carbonyl (C=O) groups excluding carboxylic acids is 2. The molecule has 3 aliphatic heterocycles. The molecule has 2 aromatic heterocycles. The highest BCUT2D eigenvalue weighted by atomic mass is 16.5. The first-order valence-electron chi connectivity index (χ1n) is 13.3. The molecule has 0 unspecified atom stereocenters. The number of pyridine rings is 2. The first-order chi connectivity index (χ1) is 18.6. The van der Waals surface area contributed by atoms with Gasteiger partial charge in [-0.1, -0.05) is 12.1 Å². The molecule has 3 aliphatic rings. The van der Waals surface area contributed by atoms with Crippen LogP contribution < -0.4 is 15.1 Å². The number of benzene rings is 1. The van der Waals surface area contributed by atoms with E-state index in [2.05, 4.69) is 26.3 Å². The average molecular weight is 513 g/mol. The van der Waals surface area contributed by atoms with Crippen molar-refractivity contribution in [3.05, 3.63) is 61.1 Å². The lowest BCUT2D eigenvalue weighted by molar-refractivity contribution is -0.135. The third-order valence-corrected chi connectivity index (χ3v) is 7.58. The fraction of sp³-hybridized carbons (Fsp3) is 0.379. The summed E-state index contributed by atoms with van der Waals surface area (Å²) in [5.74, 6) is 1.18. The summed E-state index contributed by atoms with van der Waals surface area (Å²) in [5.41, 5.74) is 4.91. The topological polar surface area (TPSA) is 90.9 Å². The molecule has 0 saturated carbocycles. The lowest BCUT2D eigenvalue weighted by Gasteiger charge is -2.37. The molecule has 0 spiro atoms. The van der Waals surface area contributed by atoms with Crippen molar-refractivity contribution in [3.63, 3.8) is 0 Å². The quantitative estimate of drug-likeness (QED) is 0.539. The zero-order valence-corrected chi connectivity index (χ0v) is 21.4. The van der Waals surface area contributed by atoms with E-state index in [1.807, 2.05) is 58.6 Å². The van der Waals surface area contributed by atoms with Gasteiger partial charge >= 0.3 is 0 Å². The minimum absolute atomic E-state index is 0.0228. The molecule has 6 rings (SSSR count). The van der Waals surface area contributed by atoms with Crippen molar-refractivity contribution in [3.8, 4) is 11.1 Å². The maximum atomic E-state index is 12.7. The number of piperazine rings is 1. The van der Waals surface area contributed by atoms with Crippen molar-refractivity contribution >= 4 is 34.7 Å². The van der Waals surface area contributed by atoms with Crippen molar-refractivity contribution in [2.24, 2.45) is 5.92 Å². The van der Waals surface area contributed by atoms with E-state index >= 15 is 0 Å². The molecule has 196 valence electrons. The number of ether oxygens (including phenoxy) is 1. The van der Waals surface area contributed by atoms with Crippen LogP contribution in [0, 0.1) is 5.92 Å². The predicted molar refractivity (Wildman–Crippen MR) is 146 cm³/mol. The van der Waals surface area contributed by atoms with Crippen molar-refractivity contribution in [2.75, 3.05) is 61.1 Å². The average Bonchev–Trinajstić information content (AvgIpc) is 3.66. The summed E-state index contributed by atoms with van der Waals surface area (Å²) in [6.45, 7) is 5.02. The van der Waals surface area contributed by atoms with Crippen LogP contribution in [0.1, 0.15) is 19.3 Å². The maximum Gasteiger partial charge on any atom is 0.228 e. The van der Waals surface area contributed by atoms with Crippen LogP contribution in [0.15, 0.2) is 61.1 Å². The van der Waals surface area contributed by atoms with Gasteiger partial charge in [-0.3, -0.25) is 14.6 Å². The van der Waals surface area contributed by atoms with Crippen LogP contribution >= 0.6 is 0 Å². The Labute approximate surface area is 222 Å². The summed E-state index contributed by atoms with van der Waals surface area (Å²) in [4.78, 5) is 39.8. The SMILES string of the molecule is O=C([C@@H]1CCOC1)N1CCN(c2cncc(Nc3ccc(-c4ccc(N5CCCC5=O)cc4)cn3)c2)CC1. The number of rotatable bonds is 6. The molecule has 2 amide bonds. The lowest BCUT2D eigenvalue weighted by Crippen LogP contribution is -2.50. The van der Waals surface area contributed by atoms with E-state index in [0.717, 1.165) is 66.5 Å². The Balaban J connectivity index is 1.06. The highest BCUT2D eigenvalue weighted by Crippen LogP contribution is 2.27. The van der Waals surface area contributed by atoms with E-state index in [9.17, 15) is 9.59 Å². The zero-order chi connectivity index (χ0) is 25.9. The van der Waals surface area contributed by atoms with Crippen LogP contribution in [-0.2, 0) is 14.3 Å². The Kier molecular flexibility index (Phi) is 6.92. The molecule has 3 saturated heterocycles.